The summed E-state index contributed by atoms with van der Waals surface area (Å²) >= 11 is 3.27. The Hall–Kier alpha value is -3.73. The minimum absolute atomic E-state index is 0.0133. The number of non-ortho nitro benzene ring substituents is 1. The summed E-state index contributed by atoms with van der Waals surface area (Å²) in [4.78, 5) is 22.4. The molecule has 1 amide bonds. The average Bonchev–Trinajstić information content (AvgIpc) is 3.10. The van der Waals surface area contributed by atoms with E-state index in [2.05, 4.69) is 31.6 Å². The van der Waals surface area contributed by atoms with Crippen molar-refractivity contribution >= 4 is 33.7 Å². The minimum Gasteiger partial charge on any atom is -0.493 e. The summed E-state index contributed by atoms with van der Waals surface area (Å²) in [5.41, 5.74) is 4.09. The summed E-state index contributed by atoms with van der Waals surface area (Å²) in [5, 5.41) is 18.8. The van der Waals surface area contributed by atoms with Crippen LogP contribution in [-0.4, -0.2) is 33.9 Å². The molecule has 1 heterocycles. The molecule has 3 rings (SSSR count). The van der Waals surface area contributed by atoms with E-state index in [0.717, 1.165) is 5.56 Å². The molecule has 0 fully saturated rings. The number of carbonyl (C=O) groups is 1. The van der Waals surface area contributed by atoms with Crippen molar-refractivity contribution in [3.05, 3.63) is 80.1 Å². The Morgan fingerprint density at radius 2 is 2.03 bits per heavy atom. The number of hydrazone groups is 1. The molecule has 2 aromatic carbocycles. The van der Waals surface area contributed by atoms with Crippen LogP contribution in [0.25, 0.3) is 0 Å². The smallest absolute Gasteiger partial charge is 0.293 e. The standard InChI is InChI=1S/C20H18BrN5O5/c1-25-11-16(21)19(24-25)20(27)23-22-10-14-5-8-17(30-2)18(9-14)31-12-13-3-6-15(7-4-13)26(28)29/h3-11H,12H2,1-2H3,(H,23,27). The lowest BCUT2D eigenvalue weighted by Gasteiger charge is -2.11. The van der Waals surface area contributed by atoms with Gasteiger partial charge in [0.05, 0.1) is 22.7 Å². The highest BCUT2D eigenvalue weighted by Gasteiger charge is 2.13. The summed E-state index contributed by atoms with van der Waals surface area (Å²) in [6, 6.07) is 11.3. The van der Waals surface area contributed by atoms with Crippen LogP contribution >= 0.6 is 15.9 Å². The molecule has 160 valence electrons. The third-order valence-electron chi connectivity index (χ3n) is 4.11. The number of ether oxygens (including phenoxy) is 2. The van der Waals surface area contributed by atoms with Gasteiger partial charge >= 0.3 is 0 Å². The van der Waals surface area contributed by atoms with Gasteiger partial charge in [0, 0.05) is 25.4 Å². The molecule has 0 saturated carbocycles. The van der Waals surface area contributed by atoms with Gasteiger partial charge in [0.15, 0.2) is 17.2 Å². The lowest BCUT2D eigenvalue weighted by atomic mass is 10.2. The van der Waals surface area contributed by atoms with E-state index in [4.69, 9.17) is 9.47 Å². The number of hydrogen-bond acceptors (Lipinski definition) is 7. The Morgan fingerprint density at radius 1 is 1.29 bits per heavy atom. The molecule has 0 saturated heterocycles. The van der Waals surface area contributed by atoms with Gasteiger partial charge in [-0.25, -0.2) is 5.43 Å². The minimum atomic E-state index is -0.457. The van der Waals surface area contributed by atoms with E-state index in [1.807, 2.05) is 0 Å². The zero-order valence-corrected chi connectivity index (χ0v) is 18.2. The Labute approximate surface area is 185 Å². The van der Waals surface area contributed by atoms with Gasteiger partial charge in [0.25, 0.3) is 11.6 Å². The van der Waals surface area contributed by atoms with Crippen molar-refractivity contribution in [2.75, 3.05) is 7.11 Å². The van der Waals surface area contributed by atoms with Gasteiger partial charge in [-0.1, -0.05) is 0 Å². The molecule has 0 radical (unpaired) electrons. The van der Waals surface area contributed by atoms with Gasteiger partial charge in [-0.3, -0.25) is 19.6 Å². The van der Waals surface area contributed by atoms with Gasteiger partial charge in [0.2, 0.25) is 0 Å². The molecule has 11 heteroatoms. The summed E-state index contributed by atoms with van der Waals surface area (Å²) in [6.45, 7) is 0.194. The number of aromatic nitrogens is 2. The molecule has 1 aromatic heterocycles. The quantitative estimate of drug-likeness (QED) is 0.295. The van der Waals surface area contributed by atoms with Gasteiger partial charge in [-0.2, -0.15) is 10.2 Å². The topological polar surface area (TPSA) is 121 Å². The molecule has 0 atom stereocenters. The molecule has 0 aliphatic heterocycles. The lowest BCUT2D eigenvalue weighted by Crippen LogP contribution is -2.19. The lowest BCUT2D eigenvalue weighted by molar-refractivity contribution is -0.384. The zero-order valence-electron chi connectivity index (χ0n) is 16.6. The Kier molecular flexibility index (Phi) is 6.98. The van der Waals surface area contributed by atoms with Gasteiger partial charge in [-0.05, 0) is 57.4 Å². The monoisotopic (exact) mass is 487 g/mol. The zero-order chi connectivity index (χ0) is 22.4. The molecule has 0 aliphatic rings. The number of carbonyl (C=O) groups excluding carboxylic acids is 1. The maximum Gasteiger partial charge on any atom is 0.293 e. The molecule has 0 spiro atoms. The van der Waals surface area contributed by atoms with Crippen molar-refractivity contribution in [2.45, 2.75) is 6.61 Å². The van der Waals surface area contributed by atoms with Crippen LogP contribution in [0, 0.1) is 10.1 Å². The second-order valence-corrected chi connectivity index (χ2v) is 7.18. The molecule has 3 aromatic rings. The normalized spacial score (nSPS) is 10.8. The van der Waals surface area contributed by atoms with E-state index in [-0.39, 0.29) is 18.0 Å². The second-order valence-electron chi connectivity index (χ2n) is 6.32. The number of benzene rings is 2. The van der Waals surface area contributed by atoms with E-state index in [1.54, 1.807) is 43.6 Å². The summed E-state index contributed by atoms with van der Waals surface area (Å²) in [7, 11) is 3.23. The van der Waals surface area contributed by atoms with E-state index >= 15 is 0 Å². The van der Waals surface area contributed by atoms with Crippen LogP contribution in [0.3, 0.4) is 0 Å². The number of amides is 1. The molecular formula is C20H18BrN5O5. The number of methoxy groups -OCH3 is 1. The van der Waals surface area contributed by atoms with Gasteiger partial charge in [-0.15, -0.1) is 0 Å². The first kappa shape index (κ1) is 22.0. The fraction of sp³-hybridized carbons (Fsp3) is 0.150. The molecule has 0 bridgehead atoms. The molecule has 10 nitrogen and oxygen atoms in total. The van der Waals surface area contributed by atoms with E-state index in [0.29, 0.717) is 21.5 Å². The van der Waals surface area contributed by atoms with Crippen molar-refractivity contribution in [3.8, 4) is 11.5 Å². The summed E-state index contributed by atoms with van der Waals surface area (Å²) < 4.78 is 13.2. The van der Waals surface area contributed by atoms with Crippen LogP contribution in [-0.2, 0) is 13.7 Å². The number of halogens is 1. The van der Waals surface area contributed by atoms with E-state index < -0.39 is 10.8 Å². The SMILES string of the molecule is COc1ccc(C=NNC(=O)c2nn(C)cc2Br)cc1OCc1ccc([N+](=O)[O-])cc1. The van der Waals surface area contributed by atoms with Crippen LogP contribution in [0.5, 0.6) is 11.5 Å². The molecule has 0 aliphatic carbocycles. The third-order valence-corrected chi connectivity index (χ3v) is 4.69. The van der Waals surface area contributed by atoms with Crippen molar-refractivity contribution < 1.29 is 19.2 Å². The highest BCUT2D eigenvalue weighted by Crippen LogP contribution is 2.28. The number of aryl methyl sites for hydroxylation is 1. The highest BCUT2D eigenvalue weighted by atomic mass is 79.9. The van der Waals surface area contributed by atoms with Crippen molar-refractivity contribution in [2.24, 2.45) is 12.1 Å². The summed E-state index contributed by atoms with van der Waals surface area (Å²) in [6.07, 6.45) is 3.13. The molecule has 0 unspecified atom stereocenters. The largest absolute Gasteiger partial charge is 0.493 e. The second kappa shape index (κ2) is 9.85. The van der Waals surface area contributed by atoms with Crippen molar-refractivity contribution in [3.63, 3.8) is 0 Å². The predicted molar refractivity (Wildman–Crippen MR) is 116 cm³/mol. The van der Waals surface area contributed by atoms with Crippen LogP contribution in [0.4, 0.5) is 5.69 Å². The number of hydrogen-bond donors (Lipinski definition) is 1. The third kappa shape index (κ3) is 5.66. The van der Waals surface area contributed by atoms with Crippen molar-refractivity contribution in [1.29, 1.82) is 0 Å². The van der Waals surface area contributed by atoms with Gasteiger partial charge < -0.3 is 9.47 Å². The van der Waals surface area contributed by atoms with Crippen LogP contribution in [0.1, 0.15) is 21.6 Å². The van der Waals surface area contributed by atoms with Crippen LogP contribution in [0.15, 0.2) is 58.2 Å². The number of rotatable bonds is 8. The number of nitro groups is 1. The van der Waals surface area contributed by atoms with Crippen molar-refractivity contribution in [1.82, 2.24) is 15.2 Å². The van der Waals surface area contributed by atoms with E-state index in [1.165, 1.54) is 30.1 Å². The van der Waals surface area contributed by atoms with Crippen LogP contribution in [0.2, 0.25) is 0 Å². The maximum atomic E-state index is 12.1. The molecule has 1 N–H and O–H groups in total. The first-order valence-corrected chi connectivity index (χ1v) is 9.73. The number of nitro benzene ring substituents is 1. The molecular weight excluding hydrogens is 470 g/mol. The highest BCUT2D eigenvalue weighted by molar-refractivity contribution is 9.10. The first-order chi connectivity index (χ1) is 14.9. The fourth-order valence-electron chi connectivity index (χ4n) is 2.59. The molecule has 31 heavy (non-hydrogen) atoms. The average molecular weight is 488 g/mol. The fourth-order valence-corrected chi connectivity index (χ4v) is 3.15. The Bertz CT molecular complexity index is 1130. The Morgan fingerprint density at radius 3 is 2.65 bits per heavy atom. The first-order valence-electron chi connectivity index (χ1n) is 8.94. The van der Waals surface area contributed by atoms with Crippen LogP contribution < -0.4 is 14.9 Å². The summed E-state index contributed by atoms with van der Waals surface area (Å²) in [5.74, 6) is 0.524. The maximum absolute atomic E-state index is 12.1. The number of nitrogens with one attached hydrogen (secondary N) is 1. The Balaban J connectivity index is 1.66. The predicted octanol–water partition coefficient (Wildman–Crippen LogP) is 3.44. The van der Waals surface area contributed by atoms with E-state index in [9.17, 15) is 14.9 Å². The number of nitrogens with zero attached hydrogens (tertiary/aromatic N) is 4. The van der Waals surface area contributed by atoms with Gasteiger partial charge in [0.1, 0.15) is 6.61 Å².